The topological polar surface area (TPSA) is 41.8 Å². The molecule has 0 bridgehead atoms. The maximum atomic E-state index is 10.4. The Labute approximate surface area is 234 Å². The van der Waals surface area contributed by atoms with Gasteiger partial charge in [0, 0.05) is 17.8 Å². The average molecular weight is 522 g/mol. The Balaban J connectivity index is 1.60. The molecule has 38 heavy (non-hydrogen) atoms. The number of ether oxygens (including phenoxy) is 1. The summed E-state index contributed by atoms with van der Waals surface area (Å²) in [5.74, 6) is 0.932. The third-order valence-corrected chi connectivity index (χ3v) is 7.38. The third kappa shape index (κ3) is 15.2. The summed E-state index contributed by atoms with van der Waals surface area (Å²) in [4.78, 5) is 4.56. The van der Waals surface area contributed by atoms with Gasteiger partial charge in [-0.15, -0.1) is 0 Å². The summed E-state index contributed by atoms with van der Waals surface area (Å²) in [7, 11) is 0. The number of unbranched alkanes of at least 4 members (excludes halogenated alkanes) is 16. The molecular formula is C35H55NO2. The minimum atomic E-state index is 0.209. The van der Waals surface area contributed by atoms with E-state index in [0.717, 1.165) is 24.3 Å². The first-order valence-corrected chi connectivity index (χ1v) is 15.8. The van der Waals surface area contributed by atoms with Crippen molar-refractivity contribution in [2.24, 2.45) is 4.99 Å². The molecule has 2 rings (SSSR count). The second-order valence-corrected chi connectivity index (χ2v) is 10.9. The van der Waals surface area contributed by atoms with E-state index in [1.165, 1.54) is 115 Å². The van der Waals surface area contributed by atoms with E-state index in [0.29, 0.717) is 12.2 Å². The molecule has 0 saturated carbocycles. The van der Waals surface area contributed by atoms with Crippen LogP contribution in [0.15, 0.2) is 47.5 Å². The van der Waals surface area contributed by atoms with Gasteiger partial charge in [-0.3, -0.25) is 4.99 Å². The van der Waals surface area contributed by atoms with E-state index < -0.39 is 0 Å². The highest BCUT2D eigenvalue weighted by atomic mass is 16.5. The molecule has 0 amide bonds. The molecule has 0 radical (unpaired) electrons. The van der Waals surface area contributed by atoms with Crippen LogP contribution in [0.4, 0.5) is 5.69 Å². The van der Waals surface area contributed by atoms with Crippen molar-refractivity contribution in [1.29, 1.82) is 0 Å². The number of aliphatic imine (C=N–C) groups is 1. The second-order valence-electron chi connectivity index (χ2n) is 10.9. The third-order valence-electron chi connectivity index (χ3n) is 7.38. The standard InChI is InChI=1S/C35H55NO2/c1-3-5-7-9-11-13-14-16-18-20-28-38-34-27-24-32(35(37)29-34)30-36-33-25-22-31(23-26-33)21-19-17-15-12-10-8-6-4-2/h22-27,29-30,37H,3-21,28H2,1-2H3. The number of benzene rings is 2. The van der Waals surface area contributed by atoms with Gasteiger partial charge in [-0.05, 0) is 49.1 Å². The molecule has 0 saturated heterocycles. The lowest BCUT2D eigenvalue weighted by Crippen LogP contribution is -1.97. The molecule has 3 nitrogen and oxygen atoms in total. The molecule has 0 aliphatic rings. The Morgan fingerprint density at radius 1 is 0.632 bits per heavy atom. The Hall–Kier alpha value is -2.29. The van der Waals surface area contributed by atoms with E-state index in [2.05, 4.69) is 43.1 Å². The first kappa shape index (κ1) is 31.9. The molecular weight excluding hydrogens is 466 g/mol. The Bertz CT molecular complexity index is 859. The van der Waals surface area contributed by atoms with Crippen LogP contribution in [0.3, 0.4) is 0 Å². The van der Waals surface area contributed by atoms with Crippen LogP contribution in [0.25, 0.3) is 0 Å². The zero-order valence-corrected chi connectivity index (χ0v) is 24.6. The van der Waals surface area contributed by atoms with Crippen molar-refractivity contribution in [3.05, 3.63) is 53.6 Å². The fraction of sp³-hybridized carbons (Fsp3) is 0.629. The summed E-state index contributed by atoms with van der Waals surface area (Å²) >= 11 is 0. The van der Waals surface area contributed by atoms with Crippen LogP contribution in [0.1, 0.15) is 141 Å². The van der Waals surface area contributed by atoms with Crippen molar-refractivity contribution >= 4 is 11.9 Å². The van der Waals surface area contributed by atoms with Crippen molar-refractivity contribution in [3.8, 4) is 11.5 Å². The number of phenolic OH excluding ortho intramolecular Hbond substituents is 1. The summed E-state index contributed by atoms with van der Waals surface area (Å²) < 4.78 is 5.85. The van der Waals surface area contributed by atoms with E-state index >= 15 is 0 Å². The lowest BCUT2D eigenvalue weighted by molar-refractivity contribution is 0.302. The monoisotopic (exact) mass is 521 g/mol. The van der Waals surface area contributed by atoms with Gasteiger partial charge in [-0.2, -0.15) is 0 Å². The molecule has 212 valence electrons. The van der Waals surface area contributed by atoms with Crippen LogP contribution in [0.5, 0.6) is 11.5 Å². The van der Waals surface area contributed by atoms with Gasteiger partial charge in [0.1, 0.15) is 11.5 Å². The van der Waals surface area contributed by atoms with Crippen LogP contribution in [0, 0.1) is 0 Å². The molecule has 0 aliphatic heterocycles. The van der Waals surface area contributed by atoms with Gasteiger partial charge in [-0.25, -0.2) is 0 Å². The number of hydrogen-bond acceptors (Lipinski definition) is 3. The minimum Gasteiger partial charge on any atom is -0.507 e. The van der Waals surface area contributed by atoms with E-state index in [-0.39, 0.29) is 5.75 Å². The summed E-state index contributed by atoms with van der Waals surface area (Å²) in [5.41, 5.74) is 2.99. The van der Waals surface area contributed by atoms with E-state index in [4.69, 9.17) is 4.74 Å². The van der Waals surface area contributed by atoms with Crippen LogP contribution in [0.2, 0.25) is 0 Å². The maximum Gasteiger partial charge on any atom is 0.128 e. The number of hydrogen-bond donors (Lipinski definition) is 1. The number of phenols is 1. The largest absolute Gasteiger partial charge is 0.507 e. The second kappa shape index (κ2) is 21.6. The van der Waals surface area contributed by atoms with Gasteiger partial charge in [0.25, 0.3) is 0 Å². The molecule has 2 aromatic rings. The molecule has 0 fully saturated rings. The number of rotatable bonds is 23. The molecule has 0 aliphatic carbocycles. The van der Waals surface area contributed by atoms with Crippen molar-refractivity contribution < 1.29 is 9.84 Å². The highest BCUT2D eigenvalue weighted by Crippen LogP contribution is 2.24. The summed E-state index contributed by atoms with van der Waals surface area (Å²) in [5, 5.41) is 10.4. The minimum absolute atomic E-state index is 0.209. The van der Waals surface area contributed by atoms with Gasteiger partial charge >= 0.3 is 0 Å². The van der Waals surface area contributed by atoms with Crippen molar-refractivity contribution in [1.82, 2.24) is 0 Å². The van der Waals surface area contributed by atoms with Crippen molar-refractivity contribution in [2.45, 2.75) is 136 Å². The number of aryl methyl sites for hydroxylation is 1. The zero-order chi connectivity index (χ0) is 27.1. The lowest BCUT2D eigenvalue weighted by atomic mass is 10.0. The fourth-order valence-corrected chi connectivity index (χ4v) is 4.86. The molecule has 0 spiro atoms. The molecule has 2 aromatic carbocycles. The highest BCUT2D eigenvalue weighted by Gasteiger charge is 2.03. The van der Waals surface area contributed by atoms with Gasteiger partial charge < -0.3 is 9.84 Å². The van der Waals surface area contributed by atoms with Crippen LogP contribution >= 0.6 is 0 Å². The zero-order valence-electron chi connectivity index (χ0n) is 24.6. The van der Waals surface area contributed by atoms with E-state index in [1.54, 1.807) is 12.3 Å². The number of nitrogens with zero attached hydrogens (tertiary/aromatic N) is 1. The van der Waals surface area contributed by atoms with Crippen molar-refractivity contribution in [2.75, 3.05) is 6.61 Å². The summed E-state index contributed by atoms with van der Waals surface area (Å²) in [6.45, 7) is 5.24. The smallest absolute Gasteiger partial charge is 0.128 e. The van der Waals surface area contributed by atoms with E-state index in [1.807, 2.05) is 12.1 Å². The highest BCUT2D eigenvalue weighted by molar-refractivity contribution is 5.85. The Morgan fingerprint density at radius 3 is 1.71 bits per heavy atom. The molecule has 0 unspecified atom stereocenters. The quantitative estimate of drug-likeness (QED) is 0.117. The van der Waals surface area contributed by atoms with Gasteiger partial charge in [0.05, 0.1) is 12.3 Å². The van der Waals surface area contributed by atoms with Crippen LogP contribution in [-0.2, 0) is 6.42 Å². The summed E-state index contributed by atoms with van der Waals surface area (Å²) in [6.07, 6.45) is 26.8. The average Bonchev–Trinajstić information content (AvgIpc) is 2.93. The molecule has 0 heterocycles. The van der Waals surface area contributed by atoms with E-state index in [9.17, 15) is 5.11 Å². The fourth-order valence-electron chi connectivity index (χ4n) is 4.86. The first-order chi connectivity index (χ1) is 18.7. The molecule has 0 atom stereocenters. The maximum absolute atomic E-state index is 10.4. The van der Waals surface area contributed by atoms with Crippen LogP contribution < -0.4 is 4.74 Å². The molecule has 3 heteroatoms. The van der Waals surface area contributed by atoms with Crippen LogP contribution in [-0.4, -0.2) is 17.9 Å². The Morgan fingerprint density at radius 2 is 1.16 bits per heavy atom. The predicted octanol–water partition coefficient (Wildman–Crippen LogP) is 11.1. The van der Waals surface area contributed by atoms with Gasteiger partial charge in [0.2, 0.25) is 0 Å². The van der Waals surface area contributed by atoms with Gasteiger partial charge in [0.15, 0.2) is 0 Å². The van der Waals surface area contributed by atoms with Gasteiger partial charge in [-0.1, -0.05) is 129 Å². The summed E-state index contributed by atoms with van der Waals surface area (Å²) in [6, 6.07) is 14.0. The SMILES string of the molecule is CCCCCCCCCCCCOc1ccc(C=Nc2ccc(CCCCCCCCCC)cc2)c(O)c1. The predicted molar refractivity (Wildman–Crippen MR) is 165 cm³/mol. The molecule has 0 aromatic heterocycles. The first-order valence-electron chi connectivity index (χ1n) is 15.8. The number of aromatic hydroxyl groups is 1. The molecule has 1 N–H and O–H groups in total. The lowest BCUT2D eigenvalue weighted by Gasteiger charge is -2.08. The Kier molecular flexibility index (Phi) is 18.2. The normalized spacial score (nSPS) is 11.4. The van der Waals surface area contributed by atoms with Crippen molar-refractivity contribution in [3.63, 3.8) is 0 Å².